The molecule has 4 heterocycles. The van der Waals surface area contributed by atoms with Crippen molar-refractivity contribution in [2.75, 3.05) is 36.5 Å². The van der Waals surface area contributed by atoms with Crippen molar-refractivity contribution in [3.63, 3.8) is 0 Å². The fourth-order valence-electron chi connectivity index (χ4n) is 3.07. The largest absolute Gasteiger partial charge is 0.354 e. The first-order valence-electron chi connectivity index (χ1n) is 7.93. The number of nitrogens with one attached hydrogen (secondary N) is 1. The Bertz CT molecular complexity index is 980. The molecular weight excluding hydrogens is 343 g/mol. The van der Waals surface area contributed by atoms with Crippen molar-refractivity contribution in [3.8, 4) is 0 Å². The Morgan fingerprint density at radius 2 is 2.24 bits per heavy atom. The highest BCUT2D eigenvalue weighted by Gasteiger charge is 2.30. The van der Waals surface area contributed by atoms with Crippen molar-refractivity contribution in [1.29, 1.82) is 0 Å². The SMILES string of the molecule is Cc1nc(N(C)CC2CN(c3ncnc4ccsc34)C2)[nH]c(=O)c1F. The van der Waals surface area contributed by atoms with Gasteiger partial charge in [-0.25, -0.2) is 15.0 Å². The van der Waals surface area contributed by atoms with Crippen LogP contribution < -0.4 is 15.4 Å². The van der Waals surface area contributed by atoms with Crippen LogP contribution in [0.2, 0.25) is 0 Å². The molecule has 0 amide bonds. The highest BCUT2D eigenvalue weighted by atomic mass is 32.1. The van der Waals surface area contributed by atoms with Crippen LogP contribution >= 0.6 is 11.3 Å². The van der Waals surface area contributed by atoms with Gasteiger partial charge in [0, 0.05) is 32.6 Å². The molecule has 0 radical (unpaired) electrons. The minimum atomic E-state index is -0.823. The van der Waals surface area contributed by atoms with Crippen LogP contribution in [0.5, 0.6) is 0 Å². The van der Waals surface area contributed by atoms with Gasteiger partial charge in [-0.2, -0.15) is 4.39 Å². The molecule has 130 valence electrons. The van der Waals surface area contributed by atoms with E-state index in [0.717, 1.165) is 35.7 Å². The quantitative estimate of drug-likeness (QED) is 0.764. The highest BCUT2D eigenvalue weighted by molar-refractivity contribution is 7.17. The Hall–Kier alpha value is -2.55. The molecule has 0 spiro atoms. The summed E-state index contributed by atoms with van der Waals surface area (Å²) in [4.78, 5) is 30.9. The number of halogens is 1. The van der Waals surface area contributed by atoms with Gasteiger partial charge in [-0.05, 0) is 18.4 Å². The molecule has 7 nitrogen and oxygen atoms in total. The lowest BCUT2D eigenvalue weighted by atomic mass is 10.00. The second kappa shape index (κ2) is 6.07. The summed E-state index contributed by atoms with van der Waals surface area (Å²) in [6.07, 6.45) is 1.60. The van der Waals surface area contributed by atoms with Crippen molar-refractivity contribution >= 4 is 33.3 Å². The second-order valence-corrected chi connectivity index (χ2v) is 7.19. The van der Waals surface area contributed by atoms with Gasteiger partial charge in [0.2, 0.25) is 11.8 Å². The second-order valence-electron chi connectivity index (χ2n) is 6.27. The third-order valence-electron chi connectivity index (χ3n) is 4.39. The van der Waals surface area contributed by atoms with Gasteiger partial charge in [0.15, 0.2) is 0 Å². The number of aromatic amines is 1. The van der Waals surface area contributed by atoms with E-state index in [4.69, 9.17) is 0 Å². The Kier molecular flexibility index (Phi) is 3.87. The van der Waals surface area contributed by atoms with Crippen LogP contribution in [-0.2, 0) is 0 Å². The monoisotopic (exact) mass is 360 g/mol. The summed E-state index contributed by atoms with van der Waals surface area (Å²) in [5, 5.41) is 2.02. The Morgan fingerprint density at radius 3 is 3.00 bits per heavy atom. The van der Waals surface area contributed by atoms with E-state index in [1.165, 1.54) is 6.92 Å². The van der Waals surface area contributed by atoms with Gasteiger partial charge in [-0.3, -0.25) is 9.78 Å². The predicted octanol–water partition coefficient (Wildman–Crippen LogP) is 1.79. The lowest BCUT2D eigenvalue weighted by Gasteiger charge is -2.41. The van der Waals surface area contributed by atoms with Crippen LogP contribution in [-0.4, -0.2) is 46.6 Å². The van der Waals surface area contributed by atoms with Crippen LogP contribution in [0.15, 0.2) is 22.6 Å². The lowest BCUT2D eigenvalue weighted by molar-refractivity contribution is 0.409. The average molecular weight is 360 g/mol. The summed E-state index contributed by atoms with van der Waals surface area (Å²) >= 11 is 1.65. The topological polar surface area (TPSA) is 78.0 Å². The van der Waals surface area contributed by atoms with E-state index >= 15 is 0 Å². The Labute approximate surface area is 147 Å². The van der Waals surface area contributed by atoms with Crippen LogP contribution in [0.25, 0.3) is 10.2 Å². The van der Waals surface area contributed by atoms with E-state index in [2.05, 4.69) is 24.8 Å². The van der Waals surface area contributed by atoms with Gasteiger partial charge in [-0.1, -0.05) is 0 Å². The van der Waals surface area contributed by atoms with E-state index < -0.39 is 11.4 Å². The number of hydrogen-bond donors (Lipinski definition) is 1. The first-order valence-corrected chi connectivity index (χ1v) is 8.81. The van der Waals surface area contributed by atoms with Gasteiger partial charge in [0.05, 0.1) is 15.9 Å². The number of anilines is 2. The molecule has 0 atom stereocenters. The van der Waals surface area contributed by atoms with Crippen LogP contribution in [0.4, 0.5) is 16.2 Å². The molecular formula is C16H17FN6OS. The van der Waals surface area contributed by atoms with Crippen LogP contribution in [0, 0.1) is 18.7 Å². The molecule has 9 heteroatoms. The van der Waals surface area contributed by atoms with Crippen LogP contribution in [0.3, 0.4) is 0 Å². The molecule has 1 N–H and O–H groups in total. The summed E-state index contributed by atoms with van der Waals surface area (Å²) < 4.78 is 14.5. The number of hydrogen-bond acceptors (Lipinski definition) is 7. The Balaban J connectivity index is 1.43. The normalized spacial score (nSPS) is 14.8. The minimum Gasteiger partial charge on any atom is -0.354 e. The first kappa shape index (κ1) is 15.9. The highest BCUT2D eigenvalue weighted by Crippen LogP contribution is 2.32. The molecule has 1 fully saturated rings. The molecule has 0 aromatic carbocycles. The molecule has 0 bridgehead atoms. The minimum absolute atomic E-state index is 0.113. The summed E-state index contributed by atoms with van der Waals surface area (Å²) in [5.41, 5.74) is 0.353. The number of aromatic nitrogens is 4. The number of nitrogens with zero attached hydrogens (tertiary/aromatic N) is 5. The summed E-state index contributed by atoms with van der Waals surface area (Å²) in [6, 6.07) is 2.00. The number of H-pyrrole nitrogens is 1. The smallest absolute Gasteiger partial charge is 0.288 e. The van der Waals surface area contributed by atoms with E-state index in [0.29, 0.717) is 11.9 Å². The number of thiophene rings is 1. The van der Waals surface area contributed by atoms with Crippen molar-refractivity contribution in [2.24, 2.45) is 5.92 Å². The molecule has 0 saturated carbocycles. The van der Waals surface area contributed by atoms with E-state index in [9.17, 15) is 9.18 Å². The number of fused-ring (bicyclic) bond motifs is 1. The number of aryl methyl sites for hydroxylation is 1. The summed E-state index contributed by atoms with van der Waals surface area (Å²) in [6.45, 7) is 3.97. The van der Waals surface area contributed by atoms with Crippen molar-refractivity contribution in [3.05, 3.63) is 39.6 Å². The van der Waals surface area contributed by atoms with E-state index in [1.807, 2.05) is 23.4 Å². The molecule has 1 saturated heterocycles. The number of rotatable bonds is 4. The predicted molar refractivity (Wildman–Crippen MR) is 95.9 cm³/mol. The Morgan fingerprint density at radius 1 is 1.44 bits per heavy atom. The molecule has 0 unspecified atom stereocenters. The van der Waals surface area contributed by atoms with Gasteiger partial charge < -0.3 is 9.80 Å². The molecule has 4 rings (SSSR count). The van der Waals surface area contributed by atoms with Crippen molar-refractivity contribution < 1.29 is 4.39 Å². The maximum Gasteiger partial charge on any atom is 0.288 e. The zero-order valence-corrected chi connectivity index (χ0v) is 14.7. The molecule has 1 aliphatic rings. The third kappa shape index (κ3) is 2.84. The summed E-state index contributed by atoms with van der Waals surface area (Å²) in [7, 11) is 1.85. The molecule has 3 aromatic heterocycles. The van der Waals surface area contributed by atoms with Crippen molar-refractivity contribution in [1.82, 2.24) is 19.9 Å². The van der Waals surface area contributed by atoms with Gasteiger partial charge in [0.25, 0.3) is 5.56 Å². The first-order chi connectivity index (χ1) is 12.0. The molecule has 3 aromatic rings. The standard InChI is InChI=1S/C16H17FN6OS/c1-9-12(17)15(24)21-16(20-9)22(2)5-10-6-23(7-10)14-13-11(3-4-25-13)18-8-19-14/h3-4,8,10H,5-7H2,1-2H3,(H,20,21,24). The van der Waals surface area contributed by atoms with Gasteiger partial charge in [0.1, 0.15) is 12.1 Å². The van der Waals surface area contributed by atoms with Gasteiger partial charge >= 0.3 is 0 Å². The molecule has 25 heavy (non-hydrogen) atoms. The maximum atomic E-state index is 13.4. The van der Waals surface area contributed by atoms with E-state index in [-0.39, 0.29) is 5.69 Å². The van der Waals surface area contributed by atoms with Crippen LogP contribution in [0.1, 0.15) is 5.69 Å². The van der Waals surface area contributed by atoms with Crippen molar-refractivity contribution in [2.45, 2.75) is 6.92 Å². The fraction of sp³-hybridized carbons (Fsp3) is 0.375. The summed E-state index contributed by atoms with van der Waals surface area (Å²) in [5.74, 6) is 0.967. The zero-order chi connectivity index (χ0) is 17.6. The fourth-order valence-corrected chi connectivity index (χ4v) is 3.93. The average Bonchev–Trinajstić information content (AvgIpc) is 3.03. The van der Waals surface area contributed by atoms with E-state index in [1.54, 1.807) is 17.7 Å². The maximum absolute atomic E-state index is 13.4. The van der Waals surface area contributed by atoms with Gasteiger partial charge in [-0.15, -0.1) is 11.3 Å². The molecule has 0 aliphatic carbocycles. The zero-order valence-electron chi connectivity index (χ0n) is 13.9. The third-order valence-corrected chi connectivity index (χ3v) is 5.29. The lowest BCUT2D eigenvalue weighted by Crippen LogP contribution is -2.51. The molecule has 1 aliphatic heterocycles.